The van der Waals surface area contributed by atoms with Gasteiger partial charge in [0.25, 0.3) is 0 Å². The van der Waals surface area contributed by atoms with Gasteiger partial charge in [0, 0.05) is 29.9 Å². The Morgan fingerprint density at radius 3 is 2.29 bits per heavy atom. The second-order valence-corrected chi connectivity index (χ2v) is 7.27. The van der Waals surface area contributed by atoms with Crippen molar-refractivity contribution in [3.8, 4) is 11.1 Å². The summed E-state index contributed by atoms with van der Waals surface area (Å²) in [5.41, 5.74) is 13.6. The van der Waals surface area contributed by atoms with Crippen molar-refractivity contribution in [2.75, 3.05) is 12.8 Å². The third kappa shape index (κ3) is 4.63. The second-order valence-electron chi connectivity index (χ2n) is 7.27. The van der Waals surface area contributed by atoms with E-state index in [9.17, 15) is 9.59 Å². The molecule has 3 rings (SSSR count). The number of carbonyl (C=O) groups excluding carboxylic acids is 2. The normalized spacial score (nSPS) is 15.2. The van der Waals surface area contributed by atoms with Crippen molar-refractivity contribution < 1.29 is 14.3 Å². The summed E-state index contributed by atoms with van der Waals surface area (Å²) in [5, 5.41) is 2.84. The molecule has 1 saturated carbocycles. The van der Waals surface area contributed by atoms with Crippen LogP contribution in [-0.4, -0.2) is 29.0 Å². The SMILES string of the molecule is C=C(/C=C\C(=C/N)C(=O)OC)NC(=O)C1(c2ccc(-c3cnc(N)nc3)cc2)CCC1. The quantitative estimate of drug-likeness (QED) is 0.356. The summed E-state index contributed by atoms with van der Waals surface area (Å²) in [4.78, 5) is 32.7. The Morgan fingerprint density at radius 1 is 1.13 bits per heavy atom. The van der Waals surface area contributed by atoms with Crippen LogP contribution in [0, 0.1) is 0 Å². The van der Waals surface area contributed by atoms with Crippen LogP contribution in [0.4, 0.5) is 5.95 Å². The number of esters is 1. The first-order valence-electron chi connectivity index (χ1n) is 9.76. The number of nitrogen functional groups attached to an aromatic ring is 1. The molecular weight excluding hydrogens is 394 g/mol. The van der Waals surface area contributed by atoms with Crippen molar-refractivity contribution >= 4 is 17.8 Å². The molecule has 1 aromatic heterocycles. The van der Waals surface area contributed by atoms with E-state index in [1.807, 2.05) is 24.3 Å². The molecule has 0 bridgehead atoms. The lowest BCUT2D eigenvalue weighted by molar-refractivity contribution is -0.135. The summed E-state index contributed by atoms with van der Waals surface area (Å²) in [6.07, 6.45) is 9.89. The molecule has 0 saturated heterocycles. The maximum atomic E-state index is 13.1. The fraction of sp³-hybridized carbons (Fsp3) is 0.217. The van der Waals surface area contributed by atoms with Crippen LogP contribution < -0.4 is 16.8 Å². The number of nitrogens with zero attached hydrogens (tertiary/aromatic N) is 2. The van der Waals surface area contributed by atoms with E-state index < -0.39 is 11.4 Å². The second kappa shape index (κ2) is 9.25. The Morgan fingerprint density at radius 2 is 1.77 bits per heavy atom. The smallest absolute Gasteiger partial charge is 0.339 e. The van der Waals surface area contributed by atoms with Crippen LogP contribution in [0.1, 0.15) is 24.8 Å². The summed E-state index contributed by atoms with van der Waals surface area (Å²) >= 11 is 0. The number of amides is 1. The van der Waals surface area contributed by atoms with Crippen LogP contribution in [0.3, 0.4) is 0 Å². The fourth-order valence-electron chi connectivity index (χ4n) is 3.45. The highest BCUT2D eigenvalue weighted by Gasteiger charge is 2.45. The van der Waals surface area contributed by atoms with Gasteiger partial charge in [-0.2, -0.15) is 0 Å². The average Bonchev–Trinajstić information content (AvgIpc) is 2.74. The van der Waals surface area contributed by atoms with Crippen LogP contribution in [0.15, 0.2) is 72.9 Å². The Kier molecular flexibility index (Phi) is 6.49. The van der Waals surface area contributed by atoms with Gasteiger partial charge in [-0.3, -0.25) is 4.79 Å². The zero-order valence-electron chi connectivity index (χ0n) is 17.3. The number of anilines is 1. The lowest BCUT2D eigenvalue weighted by Gasteiger charge is -2.40. The molecule has 8 nitrogen and oxygen atoms in total. The van der Waals surface area contributed by atoms with Gasteiger partial charge < -0.3 is 21.5 Å². The molecule has 0 aliphatic heterocycles. The number of rotatable bonds is 7. The predicted molar refractivity (Wildman–Crippen MR) is 118 cm³/mol. The van der Waals surface area contributed by atoms with Gasteiger partial charge in [-0.15, -0.1) is 0 Å². The van der Waals surface area contributed by atoms with E-state index in [-0.39, 0.29) is 17.4 Å². The Balaban J connectivity index is 1.73. The maximum absolute atomic E-state index is 13.1. The van der Waals surface area contributed by atoms with Crippen LogP contribution in [-0.2, 0) is 19.7 Å². The molecule has 31 heavy (non-hydrogen) atoms. The molecule has 5 N–H and O–H groups in total. The van der Waals surface area contributed by atoms with Crippen molar-refractivity contribution in [1.29, 1.82) is 0 Å². The van der Waals surface area contributed by atoms with E-state index in [0.29, 0.717) is 5.70 Å². The summed E-state index contributed by atoms with van der Waals surface area (Å²) in [5.74, 6) is -0.478. The van der Waals surface area contributed by atoms with Crippen molar-refractivity contribution in [2.45, 2.75) is 24.7 Å². The number of hydrogen-bond donors (Lipinski definition) is 3. The Hall–Kier alpha value is -3.94. The van der Waals surface area contributed by atoms with Crippen LogP contribution in [0.2, 0.25) is 0 Å². The van der Waals surface area contributed by atoms with Gasteiger partial charge in [-0.05, 0) is 36.1 Å². The van der Waals surface area contributed by atoms with Gasteiger partial charge in [0.2, 0.25) is 11.9 Å². The molecule has 1 fully saturated rings. The molecule has 0 unspecified atom stereocenters. The molecule has 8 heteroatoms. The van der Waals surface area contributed by atoms with Gasteiger partial charge in [-0.25, -0.2) is 14.8 Å². The number of methoxy groups -OCH3 is 1. The lowest BCUT2D eigenvalue weighted by Crippen LogP contribution is -2.48. The molecule has 1 aliphatic carbocycles. The van der Waals surface area contributed by atoms with Crippen molar-refractivity contribution in [3.63, 3.8) is 0 Å². The lowest BCUT2D eigenvalue weighted by atomic mass is 9.63. The predicted octanol–water partition coefficient (Wildman–Crippen LogP) is 2.35. The minimum Gasteiger partial charge on any atom is -0.465 e. The van der Waals surface area contributed by atoms with E-state index in [2.05, 4.69) is 26.6 Å². The minimum atomic E-state index is -0.609. The molecule has 0 atom stereocenters. The van der Waals surface area contributed by atoms with E-state index in [1.165, 1.54) is 19.3 Å². The zero-order chi connectivity index (χ0) is 22.4. The first-order chi connectivity index (χ1) is 14.9. The van der Waals surface area contributed by atoms with Gasteiger partial charge in [0.15, 0.2) is 0 Å². The highest BCUT2D eigenvalue weighted by atomic mass is 16.5. The number of benzene rings is 1. The van der Waals surface area contributed by atoms with Crippen LogP contribution >= 0.6 is 0 Å². The molecule has 1 aromatic carbocycles. The standard InChI is InChI=1S/C23H25N5O3/c1-15(4-5-17(12-24)20(29)31-2)28-21(30)23(10-3-11-23)19-8-6-16(7-9-19)18-13-26-22(25)27-14-18/h4-9,12-14H,1,3,10-11,24H2,2H3,(H,28,30)(H2,25,26,27)/b5-4-,17-12+. The average molecular weight is 419 g/mol. The molecule has 0 radical (unpaired) electrons. The van der Waals surface area contributed by atoms with Gasteiger partial charge in [0.1, 0.15) is 0 Å². The van der Waals surface area contributed by atoms with Gasteiger partial charge in [0.05, 0.1) is 18.1 Å². The summed E-state index contributed by atoms with van der Waals surface area (Å²) in [7, 11) is 1.27. The number of allylic oxidation sites excluding steroid dienone is 1. The number of hydrogen-bond acceptors (Lipinski definition) is 7. The number of ether oxygens (including phenoxy) is 1. The molecule has 1 amide bonds. The minimum absolute atomic E-state index is 0.131. The Labute approximate surface area is 180 Å². The molecule has 1 aliphatic rings. The topological polar surface area (TPSA) is 133 Å². The van der Waals surface area contributed by atoms with Crippen molar-refractivity contribution in [1.82, 2.24) is 15.3 Å². The van der Waals surface area contributed by atoms with Crippen molar-refractivity contribution in [3.05, 3.63) is 78.4 Å². The van der Waals surface area contributed by atoms with Crippen LogP contribution in [0.25, 0.3) is 11.1 Å². The highest BCUT2D eigenvalue weighted by molar-refractivity contribution is 5.92. The molecule has 0 spiro atoms. The molecule has 2 aromatic rings. The fourth-order valence-corrected chi connectivity index (χ4v) is 3.45. The first-order valence-corrected chi connectivity index (χ1v) is 9.76. The van der Waals surface area contributed by atoms with E-state index >= 15 is 0 Å². The highest BCUT2D eigenvalue weighted by Crippen LogP contribution is 2.44. The maximum Gasteiger partial charge on any atom is 0.339 e. The summed E-state index contributed by atoms with van der Waals surface area (Å²) in [6.45, 7) is 3.85. The monoisotopic (exact) mass is 419 g/mol. The number of carbonyl (C=O) groups is 2. The van der Waals surface area contributed by atoms with Gasteiger partial charge in [-0.1, -0.05) is 37.3 Å². The molecule has 160 valence electrons. The largest absolute Gasteiger partial charge is 0.465 e. The zero-order valence-corrected chi connectivity index (χ0v) is 17.3. The third-order valence-electron chi connectivity index (χ3n) is 5.42. The van der Waals surface area contributed by atoms with E-state index in [1.54, 1.807) is 12.4 Å². The molecule has 1 heterocycles. The van der Waals surface area contributed by atoms with Crippen molar-refractivity contribution in [2.24, 2.45) is 5.73 Å². The molecular formula is C23H25N5O3. The Bertz CT molecular complexity index is 1040. The van der Waals surface area contributed by atoms with E-state index in [0.717, 1.165) is 42.2 Å². The van der Waals surface area contributed by atoms with Gasteiger partial charge >= 0.3 is 5.97 Å². The summed E-state index contributed by atoms with van der Waals surface area (Å²) in [6, 6.07) is 7.80. The van der Waals surface area contributed by atoms with Crippen LogP contribution in [0.5, 0.6) is 0 Å². The van der Waals surface area contributed by atoms with E-state index in [4.69, 9.17) is 11.5 Å². The summed E-state index contributed by atoms with van der Waals surface area (Å²) < 4.78 is 4.63. The third-order valence-corrected chi connectivity index (χ3v) is 5.42. The number of nitrogens with two attached hydrogens (primary N) is 2. The number of nitrogens with one attached hydrogen (secondary N) is 1. The number of aromatic nitrogens is 2. The first kappa shape index (κ1) is 21.8.